The number of carbonyl (C=O) groups excluding carboxylic acids is 1. The second-order valence-corrected chi connectivity index (χ2v) is 8.71. The summed E-state index contributed by atoms with van der Waals surface area (Å²) in [5.41, 5.74) is 6.69. The maximum absolute atomic E-state index is 15.1. The summed E-state index contributed by atoms with van der Waals surface area (Å²) in [5, 5.41) is 7.48. The van der Waals surface area contributed by atoms with E-state index in [1.165, 1.54) is 23.1 Å². The van der Waals surface area contributed by atoms with Gasteiger partial charge in [-0.1, -0.05) is 0 Å². The molecule has 1 fully saturated rings. The van der Waals surface area contributed by atoms with Gasteiger partial charge in [-0.2, -0.15) is 18.3 Å². The molecular formula is C23H21F4N5O2. The van der Waals surface area contributed by atoms with E-state index in [4.69, 9.17) is 10.5 Å². The lowest BCUT2D eigenvalue weighted by molar-refractivity contribution is -0.141. The molecular weight excluding hydrogens is 454 g/mol. The quantitative estimate of drug-likeness (QED) is 0.555. The number of nitrogens with two attached hydrogens (primary N) is 1. The number of hydrogen-bond acceptors (Lipinski definition) is 6. The summed E-state index contributed by atoms with van der Waals surface area (Å²) in [5.74, 6) is -0.836. The van der Waals surface area contributed by atoms with Crippen molar-refractivity contribution >= 4 is 22.6 Å². The van der Waals surface area contributed by atoms with Crippen LogP contribution in [0.15, 0.2) is 24.3 Å². The molecule has 34 heavy (non-hydrogen) atoms. The first-order valence-corrected chi connectivity index (χ1v) is 10.8. The summed E-state index contributed by atoms with van der Waals surface area (Å²) in [6.07, 6.45) is -2.78. The van der Waals surface area contributed by atoms with Crippen molar-refractivity contribution in [1.29, 1.82) is 0 Å². The summed E-state index contributed by atoms with van der Waals surface area (Å²) in [6, 6.07) is 4.38. The Morgan fingerprint density at radius 3 is 2.59 bits per heavy atom. The first-order valence-electron chi connectivity index (χ1n) is 10.8. The number of aromatic nitrogens is 3. The van der Waals surface area contributed by atoms with Gasteiger partial charge in [-0.3, -0.25) is 4.79 Å². The molecule has 3 heterocycles. The number of nitrogens with zero attached hydrogens (tertiary/aromatic N) is 4. The van der Waals surface area contributed by atoms with E-state index in [1.54, 1.807) is 0 Å². The zero-order chi connectivity index (χ0) is 24.2. The number of pyridine rings is 1. The minimum atomic E-state index is -4.61. The number of amides is 1. The summed E-state index contributed by atoms with van der Waals surface area (Å²) < 4.78 is 59.1. The van der Waals surface area contributed by atoms with E-state index in [1.807, 2.05) is 6.92 Å². The molecule has 1 amide bonds. The Hall–Kier alpha value is -3.34. The number of halogens is 4. The fourth-order valence-corrected chi connectivity index (χ4v) is 4.31. The molecule has 1 aliphatic carbocycles. The van der Waals surface area contributed by atoms with Gasteiger partial charge in [0.05, 0.1) is 36.5 Å². The molecule has 178 valence electrons. The molecule has 7 nitrogen and oxygen atoms in total. The number of fused-ring (bicyclic) bond motifs is 3. The summed E-state index contributed by atoms with van der Waals surface area (Å²) in [6.45, 7) is 2.32. The number of ether oxygens (including phenoxy) is 1. The minimum absolute atomic E-state index is 0.0969. The van der Waals surface area contributed by atoms with Gasteiger partial charge < -0.3 is 15.4 Å². The van der Waals surface area contributed by atoms with Crippen LogP contribution in [0.2, 0.25) is 0 Å². The average Bonchev–Trinajstić information content (AvgIpc) is 3.52. The fourth-order valence-electron chi connectivity index (χ4n) is 4.31. The standard InChI is InChI=1S/C23H21F4N5O2/c1-11(12-2-3-12)32(8-13-4-5-20(31-30-13)23(25,26)27)22(33)15-6-14-16-9-34-10-17(16)21(28)29-19(14)7-18(15)24/h4-7,11-12H,2-3,8-10H2,1H3,(H2,28,29)/t11-/m0/s1. The molecule has 0 saturated heterocycles. The van der Waals surface area contributed by atoms with Gasteiger partial charge in [0.1, 0.15) is 11.6 Å². The maximum atomic E-state index is 15.1. The van der Waals surface area contributed by atoms with Gasteiger partial charge in [0.15, 0.2) is 5.69 Å². The zero-order valence-electron chi connectivity index (χ0n) is 18.2. The topological polar surface area (TPSA) is 94.2 Å². The van der Waals surface area contributed by atoms with Crippen LogP contribution in [-0.2, 0) is 30.7 Å². The van der Waals surface area contributed by atoms with E-state index in [2.05, 4.69) is 15.2 Å². The van der Waals surface area contributed by atoms with Crippen LogP contribution in [0.3, 0.4) is 0 Å². The third-order valence-corrected chi connectivity index (χ3v) is 6.45. The molecule has 0 spiro atoms. The monoisotopic (exact) mass is 475 g/mol. The van der Waals surface area contributed by atoms with Crippen molar-refractivity contribution in [3.8, 4) is 0 Å². The number of anilines is 1. The molecule has 11 heteroatoms. The lowest BCUT2D eigenvalue weighted by Crippen LogP contribution is -2.40. The van der Waals surface area contributed by atoms with Crippen molar-refractivity contribution in [3.05, 3.63) is 58.2 Å². The summed E-state index contributed by atoms with van der Waals surface area (Å²) in [7, 11) is 0. The number of nitrogen functional groups attached to an aromatic ring is 1. The molecule has 2 aromatic heterocycles. The van der Waals surface area contributed by atoms with Crippen LogP contribution < -0.4 is 5.73 Å². The van der Waals surface area contributed by atoms with Gasteiger partial charge in [-0.25, -0.2) is 9.37 Å². The molecule has 0 radical (unpaired) electrons. The van der Waals surface area contributed by atoms with Crippen LogP contribution in [0.25, 0.3) is 10.9 Å². The largest absolute Gasteiger partial charge is 0.435 e. The highest BCUT2D eigenvalue weighted by Gasteiger charge is 2.37. The average molecular weight is 475 g/mol. The van der Waals surface area contributed by atoms with Gasteiger partial charge >= 0.3 is 6.18 Å². The second kappa shape index (κ2) is 8.15. The number of alkyl halides is 3. The first kappa shape index (κ1) is 22.5. The van der Waals surface area contributed by atoms with E-state index in [0.29, 0.717) is 17.5 Å². The molecule has 2 aliphatic rings. The van der Waals surface area contributed by atoms with E-state index >= 15 is 4.39 Å². The predicted molar refractivity (Wildman–Crippen MR) is 114 cm³/mol. The van der Waals surface area contributed by atoms with Crippen LogP contribution in [0.4, 0.5) is 23.4 Å². The molecule has 5 rings (SSSR count). The second-order valence-electron chi connectivity index (χ2n) is 8.71. The van der Waals surface area contributed by atoms with Crippen molar-refractivity contribution in [2.45, 2.75) is 51.7 Å². The van der Waals surface area contributed by atoms with E-state index < -0.39 is 23.6 Å². The number of carbonyl (C=O) groups is 1. The smallest absolute Gasteiger partial charge is 0.383 e. The lowest BCUT2D eigenvalue weighted by Gasteiger charge is -2.29. The zero-order valence-corrected chi connectivity index (χ0v) is 18.2. The molecule has 1 aromatic carbocycles. The van der Waals surface area contributed by atoms with Crippen LogP contribution >= 0.6 is 0 Å². The highest BCUT2D eigenvalue weighted by molar-refractivity contribution is 5.99. The molecule has 1 atom stereocenters. The van der Waals surface area contributed by atoms with E-state index in [0.717, 1.165) is 30.0 Å². The number of hydrogen-bond donors (Lipinski definition) is 1. The van der Waals surface area contributed by atoms with Crippen molar-refractivity contribution in [1.82, 2.24) is 20.1 Å². The Morgan fingerprint density at radius 1 is 1.21 bits per heavy atom. The molecule has 1 saturated carbocycles. The Balaban J connectivity index is 1.51. The molecule has 2 N–H and O–H groups in total. The van der Waals surface area contributed by atoms with Gasteiger partial charge in [0, 0.05) is 23.1 Å². The van der Waals surface area contributed by atoms with Crippen LogP contribution in [0.5, 0.6) is 0 Å². The highest BCUT2D eigenvalue weighted by Crippen LogP contribution is 2.37. The third kappa shape index (κ3) is 4.04. The van der Waals surface area contributed by atoms with Crippen molar-refractivity contribution in [2.24, 2.45) is 5.92 Å². The normalized spacial score (nSPS) is 16.5. The van der Waals surface area contributed by atoms with Gasteiger partial charge in [-0.15, -0.1) is 5.10 Å². The SMILES string of the molecule is C[C@@H](C1CC1)N(Cc1ccc(C(F)(F)F)nn1)C(=O)c1cc2c3c(c(N)nc2cc1F)COC3. The maximum Gasteiger partial charge on any atom is 0.435 e. The van der Waals surface area contributed by atoms with Crippen LogP contribution in [0, 0.1) is 11.7 Å². The summed E-state index contributed by atoms with van der Waals surface area (Å²) in [4.78, 5) is 19.3. The van der Waals surface area contributed by atoms with Gasteiger partial charge in [0.25, 0.3) is 5.91 Å². The minimum Gasteiger partial charge on any atom is -0.383 e. The van der Waals surface area contributed by atoms with Crippen molar-refractivity contribution < 1.29 is 27.1 Å². The lowest BCUT2D eigenvalue weighted by atomic mass is 10.0. The van der Waals surface area contributed by atoms with Gasteiger partial charge in [0.2, 0.25) is 0 Å². The Kier molecular flexibility index (Phi) is 5.38. The predicted octanol–water partition coefficient (Wildman–Crippen LogP) is 4.24. The van der Waals surface area contributed by atoms with Gasteiger partial charge in [-0.05, 0) is 49.4 Å². The summed E-state index contributed by atoms with van der Waals surface area (Å²) >= 11 is 0. The van der Waals surface area contributed by atoms with Crippen LogP contribution in [0.1, 0.15) is 52.6 Å². The Labute approximate surface area is 191 Å². The van der Waals surface area contributed by atoms with Crippen LogP contribution in [-0.4, -0.2) is 32.0 Å². The third-order valence-electron chi connectivity index (χ3n) is 6.45. The highest BCUT2D eigenvalue weighted by atomic mass is 19.4. The van der Waals surface area contributed by atoms with Crippen molar-refractivity contribution in [2.75, 3.05) is 5.73 Å². The first-order chi connectivity index (χ1) is 16.1. The van der Waals surface area contributed by atoms with E-state index in [-0.39, 0.29) is 42.2 Å². The molecule has 0 bridgehead atoms. The number of rotatable bonds is 5. The Morgan fingerprint density at radius 2 is 1.94 bits per heavy atom. The van der Waals surface area contributed by atoms with E-state index in [9.17, 15) is 18.0 Å². The molecule has 1 aliphatic heterocycles. The van der Waals surface area contributed by atoms with Crippen molar-refractivity contribution in [3.63, 3.8) is 0 Å². The molecule has 3 aromatic rings. The Bertz CT molecular complexity index is 1280. The number of benzene rings is 1. The molecule has 0 unspecified atom stereocenters. The fraction of sp³-hybridized carbons (Fsp3) is 0.391.